The minimum atomic E-state index is 0.600. The summed E-state index contributed by atoms with van der Waals surface area (Å²) in [6.45, 7) is 7.36. The van der Waals surface area contributed by atoms with Crippen molar-refractivity contribution in [3.05, 3.63) is 77.8 Å². The van der Waals surface area contributed by atoms with Crippen molar-refractivity contribution in [3.63, 3.8) is 0 Å². The molecular formula is C17H20N. The van der Waals surface area contributed by atoms with Crippen LogP contribution < -0.4 is 5.32 Å². The summed E-state index contributed by atoms with van der Waals surface area (Å²) in [6.07, 6.45) is 0. The molecule has 0 aliphatic rings. The third kappa shape index (κ3) is 3.71. The van der Waals surface area contributed by atoms with Crippen molar-refractivity contribution >= 4 is 0 Å². The van der Waals surface area contributed by atoms with Crippen molar-refractivity contribution in [2.24, 2.45) is 0 Å². The van der Waals surface area contributed by atoms with Crippen LogP contribution in [0.4, 0.5) is 0 Å². The molecule has 1 nitrogen and oxygen atoms in total. The zero-order valence-corrected chi connectivity index (χ0v) is 11.1. The van der Waals surface area contributed by atoms with Gasteiger partial charge in [0.25, 0.3) is 0 Å². The van der Waals surface area contributed by atoms with E-state index in [1.807, 2.05) is 18.2 Å². The Bertz CT molecular complexity index is 457. The summed E-state index contributed by atoms with van der Waals surface area (Å²) in [4.78, 5) is 0. The Morgan fingerprint density at radius 3 is 2.22 bits per heavy atom. The van der Waals surface area contributed by atoms with Crippen molar-refractivity contribution in [1.82, 2.24) is 5.32 Å². The summed E-state index contributed by atoms with van der Waals surface area (Å²) in [6, 6.07) is 19.1. The van der Waals surface area contributed by atoms with E-state index in [1.165, 1.54) is 16.7 Å². The highest BCUT2D eigenvalue weighted by Gasteiger charge is 1.99. The van der Waals surface area contributed by atoms with Crippen molar-refractivity contribution in [3.8, 4) is 0 Å². The number of hydrogen-bond donors (Lipinski definition) is 1. The van der Waals surface area contributed by atoms with Gasteiger partial charge >= 0.3 is 0 Å². The molecule has 0 heterocycles. The predicted molar refractivity (Wildman–Crippen MR) is 77.2 cm³/mol. The van der Waals surface area contributed by atoms with Gasteiger partial charge in [0.1, 0.15) is 0 Å². The second-order valence-corrected chi connectivity index (χ2v) is 4.83. The van der Waals surface area contributed by atoms with E-state index in [4.69, 9.17) is 0 Å². The molecule has 0 aliphatic heterocycles. The van der Waals surface area contributed by atoms with E-state index >= 15 is 0 Å². The van der Waals surface area contributed by atoms with Crippen LogP contribution in [0.2, 0.25) is 0 Å². The smallest absolute Gasteiger partial charge is 0.0521 e. The van der Waals surface area contributed by atoms with E-state index in [9.17, 15) is 0 Å². The van der Waals surface area contributed by atoms with Crippen LogP contribution in [0.15, 0.2) is 54.6 Å². The fourth-order valence-corrected chi connectivity index (χ4v) is 1.86. The molecule has 0 unspecified atom stereocenters. The maximum absolute atomic E-state index is 3.34. The van der Waals surface area contributed by atoms with Gasteiger partial charge in [-0.25, -0.2) is 0 Å². The Labute approximate surface area is 110 Å². The highest BCUT2D eigenvalue weighted by atomic mass is 14.8. The van der Waals surface area contributed by atoms with Gasteiger partial charge in [0, 0.05) is 6.54 Å². The topological polar surface area (TPSA) is 12.0 Å². The van der Waals surface area contributed by atoms with Gasteiger partial charge in [0.15, 0.2) is 0 Å². The lowest BCUT2D eigenvalue weighted by atomic mass is 10.0. The molecule has 0 saturated heterocycles. The molecule has 2 aromatic carbocycles. The summed E-state index contributed by atoms with van der Waals surface area (Å²) >= 11 is 0. The van der Waals surface area contributed by atoms with Crippen LogP contribution >= 0.6 is 0 Å². The average molecular weight is 238 g/mol. The van der Waals surface area contributed by atoms with Gasteiger partial charge < -0.3 is 5.32 Å². The minimum absolute atomic E-state index is 0.600. The summed E-state index contributed by atoms with van der Waals surface area (Å²) < 4.78 is 0. The van der Waals surface area contributed by atoms with Gasteiger partial charge in [-0.2, -0.15) is 0 Å². The molecule has 0 aromatic heterocycles. The maximum atomic E-state index is 3.34. The van der Waals surface area contributed by atoms with Crippen molar-refractivity contribution in [1.29, 1.82) is 0 Å². The molecule has 0 spiro atoms. The van der Waals surface area contributed by atoms with Crippen molar-refractivity contribution in [2.75, 3.05) is 0 Å². The van der Waals surface area contributed by atoms with Crippen molar-refractivity contribution < 1.29 is 0 Å². The zero-order valence-electron chi connectivity index (χ0n) is 11.1. The highest BCUT2D eigenvalue weighted by Crippen LogP contribution is 2.14. The van der Waals surface area contributed by atoms with Gasteiger partial charge in [-0.15, -0.1) is 0 Å². The fourth-order valence-electron chi connectivity index (χ4n) is 1.86. The van der Waals surface area contributed by atoms with Crippen LogP contribution in [0.3, 0.4) is 0 Å². The molecule has 0 amide bonds. The van der Waals surface area contributed by atoms with Gasteiger partial charge in [-0.1, -0.05) is 68.4 Å². The van der Waals surface area contributed by atoms with Crippen LogP contribution in [0.1, 0.15) is 36.5 Å². The zero-order chi connectivity index (χ0) is 12.8. The first kappa shape index (κ1) is 12.8. The third-order valence-electron chi connectivity index (χ3n) is 3.02. The number of nitrogens with one attached hydrogen (secondary N) is 1. The van der Waals surface area contributed by atoms with E-state index in [0.29, 0.717) is 5.92 Å². The molecule has 2 rings (SSSR count). The average Bonchev–Trinajstić information content (AvgIpc) is 2.40. The molecule has 0 atom stereocenters. The summed E-state index contributed by atoms with van der Waals surface area (Å²) in [5.74, 6) is 0.600. The molecule has 0 bridgehead atoms. The van der Waals surface area contributed by atoms with Gasteiger partial charge in [0.05, 0.1) is 6.54 Å². The first-order chi connectivity index (χ1) is 8.75. The maximum Gasteiger partial charge on any atom is 0.0521 e. The molecule has 1 heteroatoms. The van der Waals surface area contributed by atoms with E-state index in [-0.39, 0.29) is 0 Å². The molecule has 0 fully saturated rings. The SMILES string of the molecule is CC(C)c1ccc(CN[CH]c2ccccc2)cc1. The Morgan fingerprint density at radius 2 is 1.61 bits per heavy atom. The van der Waals surface area contributed by atoms with E-state index in [2.05, 4.69) is 62.1 Å². The molecule has 1 N–H and O–H groups in total. The normalized spacial score (nSPS) is 10.8. The second kappa shape index (κ2) is 6.36. The lowest BCUT2D eigenvalue weighted by Crippen LogP contribution is -2.10. The molecular weight excluding hydrogens is 218 g/mol. The summed E-state index contributed by atoms with van der Waals surface area (Å²) in [5.41, 5.74) is 3.91. The van der Waals surface area contributed by atoms with E-state index < -0.39 is 0 Å². The van der Waals surface area contributed by atoms with E-state index in [1.54, 1.807) is 0 Å². The molecule has 93 valence electrons. The largest absolute Gasteiger partial charge is 0.304 e. The van der Waals surface area contributed by atoms with Crippen LogP contribution in [0.25, 0.3) is 0 Å². The standard InChI is InChI=1S/C17H20N/c1-14(2)17-10-8-16(9-11-17)13-18-12-15-6-4-3-5-7-15/h3-12,14,18H,13H2,1-2H3. The molecule has 1 radical (unpaired) electrons. The molecule has 2 aromatic rings. The second-order valence-electron chi connectivity index (χ2n) is 4.83. The quantitative estimate of drug-likeness (QED) is 0.826. The van der Waals surface area contributed by atoms with Gasteiger partial charge in [0.2, 0.25) is 0 Å². The highest BCUT2D eigenvalue weighted by molar-refractivity contribution is 5.26. The molecule has 18 heavy (non-hydrogen) atoms. The lowest BCUT2D eigenvalue weighted by Gasteiger charge is -2.08. The Balaban J connectivity index is 1.83. The Hall–Kier alpha value is -1.60. The summed E-state index contributed by atoms with van der Waals surface area (Å²) in [5, 5.41) is 3.34. The van der Waals surface area contributed by atoms with Gasteiger partial charge in [-0.3, -0.25) is 0 Å². The first-order valence-corrected chi connectivity index (χ1v) is 6.46. The molecule has 0 aliphatic carbocycles. The van der Waals surface area contributed by atoms with Gasteiger partial charge in [-0.05, 0) is 22.6 Å². The van der Waals surface area contributed by atoms with Crippen molar-refractivity contribution in [2.45, 2.75) is 26.3 Å². The van der Waals surface area contributed by atoms with Crippen LogP contribution in [0.5, 0.6) is 0 Å². The van der Waals surface area contributed by atoms with Crippen LogP contribution in [0, 0.1) is 6.54 Å². The minimum Gasteiger partial charge on any atom is -0.304 e. The molecule has 0 saturated carbocycles. The lowest BCUT2D eigenvalue weighted by molar-refractivity contribution is 0.814. The van der Waals surface area contributed by atoms with Crippen LogP contribution in [-0.2, 0) is 6.54 Å². The number of hydrogen-bond acceptors (Lipinski definition) is 1. The van der Waals surface area contributed by atoms with E-state index in [0.717, 1.165) is 6.54 Å². The van der Waals surface area contributed by atoms with Crippen LogP contribution in [-0.4, -0.2) is 0 Å². The first-order valence-electron chi connectivity index (χ1n) is 6.46. The Morgan fingerprint density at radius 1 is 0.944 bits per heavy atom. The number of rotatable bonds is 5. The Kier molecular flexibility index (Phi) is 4.54. The number of benzene rings is 2. The summed E-state index contributed by atoms with van der Waals surface area (Å²) in [7, 11) is 0. The third-order valence-corrected chi connectivity index (χ3v) is 3.02. The monoisotopic (exact) mass is 238 g/mol. The fraction of sp³-hybridized carbons (Fsp3) is 0.235. The predicted octanol–water partition coefficient (Wildman–Crippen LogP) is 4.11.